The number of hydrogen-bond donors (Lipinski definition) is 2. The fourth-order valence-corrected chi connectivity index (χ4v) is 4.06. The van der Waals surface area contributed by atoms with Gasteiger partial charge in [0.2, 0.25) is 0 Å². The molecule has 0 bridgehead atoms. The van der Waals surface area contributed by atoms with Crippen LogP contribution in [0.4, 0.5) is 0 Å². The highest BCUT2D eigenvalue weighted by Crippen LogP contribution is 2.38. The predicted molar refractivity (Wildman–Crippen MR) is 96.5 cm³/mol. The molecule has 1 heterocycles. The fourth-order valence-electron chi connectivity index (χ4n) is 3.02. The van der Waals surface area contributed by atoms with E-state index in [0.717, 1.165) is 24.8 Å². The van der Waals surface area contributed by atoms with E-state index < -0.39 is 10.2 Å². The van der Waals surface area contributed by atoms with Gasteiger partial charge in [0.05, 0.1) is 14.2 Å². The second-order valence-corrected chi connectivity index (χ2v) is 7.77. The third-order valence-electron chi connectivity index (χ3n) is 4.59. The third kappa shape index (κ3) is 5.07. The summed E-state index contributed by atoms with van der Waals surface area (Å²) in [7, 11) is -0.329. The Bertz CT molecular complexity index is 657. The normalized spacial score (nSPS) is 17.2. The highest BCUT2D eigenvalue weighted by atomic mass is 32.2. The Morgan fingerprint density at radius 2 is 1.80 bits per heavy atom. The molecule has 1 saturated heterocycles. The lowest BCUT2D eigenvalue weighted by Crippen LogP contribution is -2.47. The minimum absolute atomic E-state index is 0.310. The van der Waals surface area contributed by atoms with E-state index in [1.807, 2.05) is 25.1 Å². The van der Waals surface area contributed by atoms with Crippen molar-refractivity contribution in [3.63, 3.8) is 0 Å². The van der Waals surface area contributed by atoms with Gasteiger partial charge in [-0.1, -0.05) is 13.0 Å². The zero-order valence-electron chi connectivity index (χ0n) is 15.1. The minimum Gasteiger partial charge on any atom is -0.493 e. The van der Waals surface area contributed by atoms with Crippen molar-refractivity contribution in [3.05, 3.63) is 23.8 Å². The van der Waals surface area contributed by atoms with Crippen LogP contribution in [0.2, 0.25) is 0 Å². The molecule has 0 atom stereocenters. The first-order valence-corrected chi connectivity index (χ1v) is 9.99. The van der Waals surface area contributed by atoms with Crippen LogP contribution in [-0.2, 0) is 20.4 Å². The van der Waals surface area contributed by atoms with Gasteiger partial charge in [-0.05, 0) is 37.0 Å². The van der Waals surface area contributed by atoms with Crippen LogP contribution < -0.4 is 18.9 Å². The Kier molecular flexibility index (Phi) is 7.06. The molecule has 0 aromatic heterocycles. The predicted octanol–water partition coefficient (Wildman–Crippen LogP) is 1.59. The summed E-state index contributed by atoms with van der Waals surface area (Å²) in [5.74, 6) is 1.29. The van der Waals surface area contributed by atoms with E-state index in [-0.39, 0.29) is 5.41 Å². The summed E-state index contributed by atoms with van der Waals surface area (Å²) in [6, 6.07) is 5.76. The Balaban J connectivity index is 2.26. The molecule has 0 unspecified atom stereocenters. The smallest absolute Gasteiger partial charge is 0.276 e. The molecule has 2 rings (SSSR count). The van der Waals surface area contributed by atoms with Crippen LogP contribution in [0, 0.1) is 0 Å². The van der Waals surface area contributed by atoms with Crippen LogP contribution in [0.25, 0.3) is 0 Å². The van der Waals surface area contributed by atoms with E-state index >= 15 is 0 Å². The van der Waals surface area contributed by atoms with Gasteiger partial charge in [0.15, 0.2) is 11.5 Å². The molecule has 0 saturated carbocycles. The van der Waals surface area contributed by atoms with Crippen molar-refractivity contribution in [2.75, 3.05) is 40.5 Å². The van der Waals surface area contributed by atoms with Crippen LogP contribution in [0.5, 0.6) is 11.5 Å². The number of rotatable bonds is 9. The first kappa shape index (κ1) is 20.0. The van der Waals surface area contributed by atoms with Crippen LogP contribution in [0.15, 0.2) is 18.2 Å². The second-order valence-electron chi connectivity index (χ2n) is 6.18. The summed E-state index contributed by atoms with van der Waals surface area (Å²) in [6.45, 7) is 3.84. The van der Waals surface area contributed by atoms with E-state index in [0.29, 0.717) is 37.8 Å². The standard InChI is InChI=1S/C17H28N2O5S/c1-4-9-18-25(20,21)19-13-17(7-10-24-11-8-17)14-5-6-15(22-2)16(12-14)23-3/h5-6,12,18-19H,4,7-11,13H2,1-3H3. The SMILES string of the molecule is CCCNS(=O)(=O)NCC1(c2ccc(OC)c(OC)c2)CCOCC1. The van der Waals surface area contributed by atoms with Crippen molar-refractivity contribution in [3.8, 4) is 11.5 Å². The van der Waals surface area contributed by atoms with Gasteiger partial charge >= 0.3 is 0 Å². The maximum absolute atomic E-state index is 12.1. The zero-order chi connectivity index (χ0) is 18.3. The van der Waals surface area contributed by atoms with Gasteiger partial charge in [-0.25, -0.2) is 9.44 Å². The van der Waals surface area contributed by atoms with Crippen LogP contribution in [-0.4, -0.2) is 48.9 Å². The summed E-state index contributed by atoms with van der Waals surface area (Å²) in [5.41, 5.74) is 0.685. The van der Waals surface area contributed by atoms with Gasteiger partial charge in [-0.2, -0.15) is 8.42 Å². The average Bonchev–Trinajstić information content (AvgIpc) is 2.65. The van der Waals surface area contributed by atoms with Crippen molar-refractivity contribution in [2.24, 2.45) is 0 Å². The molecular formula is C17H28N2O5S. The number of nitrogens with one attached hydrogen (secondary N) is 2. The molecular weight excluding hydrogens is 344 g/mol. The number of ether oxygens (including phenoxy) is 3. The summed E-state index contributed by atoms with van der Waals surface area (Å²) in [5, 5.41) is 0. The van der Waals surface area contributed by atoms with Crippen molar-refractivity contribution in [1.29, 1.82) is 0 Å². The van der Waals surface area contributed by atoms with Gasteiger partial charge < -0.3 is 14.2 Å². The van der Waals surface area contributed by atoms with Crippen LogP contribution >= 0.6 is 0 Å². The monoisotopic (exact) mass is 372 g/mol. The molecule has 0 spiro atoms. The molecule has 1 aromatic carbocycles. The highest BCUT2D eigenvalue weighted by Gasteiger charge is 2.36. The summed E-state index contributed by atoms with van der Waals surface area (Å²) < 4.78 is 45.7. The minimum atomic E-state index is -3.51. The average molecular weight is 372 g/mol. The summed E-state index contributed by atoms with van der Waals surface area (Å²) >= 11 is 0. The first-order valence-electron chi connectivity index (χ1n) is 8.51. The molecule has 25 heavy (non-hydrogen) atoms. The van der Waals surface area contributed by atoms with E-state index in [4.69, 9.17) is 14.2 Å². The molecule has 0 radical (unpaired) electrons. The molecule has 0 aliphatic carbocycles. The Labute approximate surface area is 150 Å². The summed E-state index contributed by atoms with van der Waals surface area (Å²) in [4.78, 5) is 0. The topological polar surface area (TPSA) is 85.9 Å². The van der Waals surface area contributed by atoms with E-state index in [2.05, 4.69) is 9.44 Å². The lowest BCUT2D eigenvalue weighted by molar-refractivity contribution is 0.0516. The van der Waals surface area contributed by atoms with Gasteiger partial charge in [-0.15, -0.1) is 0 Å². The lowest BCUT2D eigenvalue weighted by Gasteiger charge is -2.38. The van der Waals surface area contributed by atoms with E-state index in [1.165, 1.54) is 0 Å². The molecule has 1 aliphatic rings. The number of methoxy groups -OCH3 is 2. The first-order chi connectivity index (χ1) is 12.0. The molecule has 7 nitrogen and oxygen atoms in total. The van der Waals surface area contributed by atoms with Crippen LogP contribution in [0.3, 0.4) is 0 Å². The van der Waals surface area contributed by atoms with Crippen molar-refractivity contribution < 1.29 is 22.6 Å². The van der Waals surface area contributed by atoms with Gasteiger partial charge in [-0.3, -0.25) is 0 Å². The van der Waals surface area contributed by atoms with Crippen molar-refractivity contribution in [1.82, 2.24) is 9.44 Å². The highest BCUT2D eigenvalue weighted by molar-refractivity contribution is 7.87. The number of benzene rings is 1. The molecule has 1 fully saturated rings. The molecule has 8 heteroatoms. The van der Waals surface area contributed by atoms with Crippen molar-refractivity contribution >= 4 is 10.2 Å². The largest absolute Gasteiger partial charge is 0.493 e. The Morgan fingerprint density at radius 3 is 2.40 bits per heavy atom. The molecule has 2 N–H and O–H groups in total. The molecule has 1 aliphatic heterocycles. The lowest BCUT2D eigenvalue weighted by atomic mass is 9.74. The van der Waals surface area contributed by atoms with E-state index in [1.54, 1.807) is 14.2 Å². The Morgan fingerprint density at radius 1 is 1.12 bits per heavy atom. The van der Waals surface area contributed by atoms with Gasteiger partial charge in [0.25, 0.3) is 10.2 Å². The molecule has 1 aromatic rings. The molecule has 0 amide bonds. The quantitative estimate of drug-likeness (QED) is 0.687. The zero-order valence-corrected chi connectivity index (χ0v) is 15.9. The van der Waals surface area contributed by atoms with Gasteiger partial charge in [0, 0.05) is 31.7 Å². The number of hydrogen-bond acceptors (Lipinski definition) is 5. The van der Waals surface area contributed by atoms with E-state index in [9.17, 15) is 8.42 Å². The van der Waals surface area contributed by atoms with Crippen molar-refractivity contribution in [2.45, 2.75) is 31.6 Å². The second kappa shape index (κ2) is 8.84. The maximum atomic E-state index is 12.1. The van der Waals surface area contributed by atoms with Crippen LogP contribution in [0.1, 0.15) is 31.7 Å². The maximum Gasteiger partial charge on any atom is 0.276 e. The third-order valence-corrected chi connectivity index (χ3v) is 5.70. The molecule has 142 valence electrons. The Hall–Kier alpha value is -1.35. The van der Waals surface area contributed by atoms with Gasteiger partial charge in [0.1, 0.15) is 0 Å². The summed E-state index contributed by atoms with van der Waals surface area (Å²) in [6.07, 6.45) is 2.22. The fraction of sp³-hybridized carbons (Fsp3) is 0.647.